The van der Waals surface area contributed by atoms with Crippen molar-refractivity contribution in [3.63, 3.8) is 0 Å². The van der Waals surface area contributed by atoms with E-state index in [0.717, 1.165) is 19.2 Å². The van der Waals surface area contributed by atoms with Gasteiger partial charge in [0.15, 0.2) is 0 Å². The smallest absolute Gasteiger partial charge is 0.311 e. The van der Waals surface area contributed by atoms with Gasteiger partial charge in [0, 0.05) is 19.2 Å². The van der Waals surface area contributed by atoms with Crippen LogP contribution in [0.3, 0.4) is 0 Å². The predicted molar refractivity (Wildman–Crippen MR) is 76.0 cm³/mol. The van der Waals surface area contributed by atoms with Crippen LogP contribution < -0.4 is 5.32 Å². The highest BCUT2D eigenvalue weighted by atomic mass is 19.1. The lowest BCUT2D eigenvalue weighted by molar-refractivity contribution is -0.395. The van der Waals surface area contributed by atoms with Crippen molar-refractivity contribution in [1.82, 2.24) is 4.90 Å². The maximum absolute atomic E-state index is 13.5. The van der Waals surface area contributed by atoms with Crippen LogP contribution in [0.4, 0.5) is 21.5 Å². The Bertz CT molecular complexity index is 534. The topological polar surface area (TPSA) is 102 Å². The third-order valence-corrected chi connectivity index (χ3v) is 3.10. The summed E-state index contributed by atoms with van der Waals surface area (Å²) in [7, 11) is 0. The number of anilines is 1. The Morgan fingerprint density at radius 1 is 1.14 bits per heavy atom. The molecular weight excluding hydrogens is 283 g/mol. The number of halogens is 1. The van der Waals surface area contributed by atoms with Crippen molar-refractivity contribution >= 4 is 17.1 Å². The van der Waals surface area contributed by atoms with Crippen molar-refractivity contribution in [2.45, 2.75) is 13.8 Å². The third kappa shape index (κ3) is 4.35. The van der Waals surface area contributed by atoms with E-state index in [2.05, 4.69) is 10.2 Å². The summed E-state index contributed by atoms with van der Waals surface area (Å²) in [6, 6.07) is 1.42. The van der Waals surface area contributed by atoms with Gasteiger partial charge in [-0.25, -0.2) is 0 Å². The van der Waals surface area contributed by atoms with E-state index in [-0.39, 0.29) is 5.69 Å². The first kappa shape index (κ1) is 16.8. The van der Waals surface area contributed by atoms with Gasteiger partial charge in [0.05, 0.1) is 15.9 Å². The number of nitrogens with zero attached hydrogens (tertiary/aromatic N) is 3. The molecule has 0 aromatic heterocycles. The summed E-state index contributed by atoms with van der Waals surface area (Å²) in [6.45, 7) is 6.63. The summed E-state index contributed by atoms with van der Waals surface area (Å²) in [5.41, 5.74) is -1.48. The van der Waals surface area contributed by atoms with Gasteiger partial charge in [-0.3, -0.25) is 20.2 Å². The number of hydrogen-bond acceptors (Lipinski definition) is 6. The summed E-state index contributed by atoms with van der Waals surface area (Å²) in [5, 5.41) is 24.3. The molecular formula is C12H17FN4O4. The van der Waals surface area contributed by atoms with Crippen LogP contribution in [0.15, 0.2) is 12.1 Å². The van der Waals surface area contributed by atoms with E-state index in [1.54, 1.807) is 0 Å². The van der Waals surface area contributed by atoms with Crippen LogP contribution in [0, 0.1) is 26.0 Å². The zero-order valence-electron chi connectivity index (χ0n) is 11.8. The number of benzene rings is 1. The zero-order chi connectivity index (χ0) is 16.0. The van der Waals surface area contributed by atoms with E-state index >= 15 is 0 Å². The molecule has 0 saturated carbocycles. The van der Waals surface area contributed by atoms with Crippen molar-refractivity contribution in [3.05, 3.63) is 38.2 Å². The van der Waals surface area contributed by atoms with Gasteiger partial charge >= 0.3 is 5.69 Å². The lowest BCUT2D eigenvalue weighted by Gasteiger charge is -2.18. The van der Waals surface area contributed by atoms with Crippen molar-refractivity contribution < 1.29 is 14.2 Å². The van der Waals surface area contributed by atoms with Crippen molar-refractivity contribution in [3.8, 4) is 0 Å². The Morgan fingerprint density at radius 3 is 2.19 bits per heavy atom. The monoisotopic (exact) mass is 300 g/mol. The molecule has 0 atom stereocenters. The summed E-state index contributed by atoms with van der Waals surface area (Å²) in [5.74, 6) is -1.10. The number of hydrogen-bond donors (Lipinski definition) is 1. The van der Waals surface area contributed by atoms with Crippen LogP contribution in [0.2, 0.25) is 0 Å². The fourth-order valence-corrected chi connectivity index (χ4v) is 1.87. The second-order valence-corrected chi connectivity index (χ2v) is 4.29. The number of nitro benzene ring substituents is 2. The number of rotatable bonds is 8. The van der Waals surface area contributed by atoms with Crippen molar-refractivity contribution in [1.29, 1.82) is 0 Å². The third-order valence-electron chi connectivity index (χ3n) is 3.10. The highest BCUT2D eigenvalue weighted by molar-refractivity contribution is 5.65. The predicted octanol–water partition coefficient (Wildman–Crippen LogP) is 2.40. The van der Waals surface area contributed by atoms with Crippen LogP contribution in [0.25, 0.3) is 0 Å². The lowest BCUT2D eigenvalue weighted by atomic mass is 10.2. The normalized spacial score (nSPS) is 10.7. The number of likely N-dealkylation sites (N-methyl/N-ethyl adjacent to an activating group) is 1. The molecule has 8 nitrogen and oxygen atoms in total. The standard InChI is InChI=1S/C12H17FN4O4/c1-3-15(4-2)6-5-14-10-7-9(13)11(16(18)19)8-12(10)17(20)21/h7-8,14H,3-6H2,1-2H3. The minimum Gasteiger partial charge on any atom is -0.378 e. The quantitative estimate of drug-likeness (QED) is 0.584. The second-order valence-electron chi connectivity index (χ2n) is 4.29. The maximum atomic E-state index is 13.5. The summed E-state index contributed by atoms with van der Waals surface area (Å²) in [6.07, 6.45) is 0. The summed E-state index contributed by atoms with van der Waals surface area (Å²) >= 11 is 0. The molecule has 0 amide bonds. The molecule has 1 N–H and O–H groups in total. The molecule has 0 spiro atoms. The van der Waals surface area contributed by atoms with E-state index in [9.17, 15) is 24.6 Å². The zero-order valence-corrected chi connectivity index (χ0v) is 11.8. The summed E-state index contributed by atoms with van der Waals surface area (Å²) in [4.78, 5) is 21.9. The van der Waals surface area contributed by atoms with Gasteiger partial charge in [0.25, 0.3) is 5.69 Å². The fourth-order valence-electron chi connectivity index (χ4n) is 1.87. The van der Waals surface area contributed by atoms with Gasteiger partial charge in [-0.2, -0.15) is 4.39 Å². The van der Waals surface area contributed by atoms with Gasteiger partial charge in [0.2, 0.25) is 5.82 Å². The highest BCUT2D eigenvalue weighted by Gasteiger charge is 2.24. The fraction of sp³-hybridized carbons (Fsp3) is 0.500. The molecule has 0 radical (unpaired) electrons. The Morgan fingerprint density at radius 2 is 1.71 bits per heavy atom. The molecule has 0 unspecified atom stereocenters. The first-order valence-corrected chi connectivity index (χ1v) is 6.49. The molecule has 9 heteroatoms. The Labute approximate surface area is 120 Å². The number of nitrogens with one attached hydrogen (secondary N) is 1. The number of nitro groups is 2. The average Bonchev–Trinajstić information content (AvgIpc) is 2.42. The lowest BCUT2D eigenvalue weighted by Crippen LogP contribution is -2.28. The van der Waals surface area contributed by atoms with E-state index in [1.165, 1.54) is 0 Å². The Kier molecular flexibility index (Phi) is 5.97. The van der Waals surface area contributed by atoms with Gasteiger partial charge in [0.1, 0.15) is 5.69 Å². The molecule has 0 saturated heterocycles. The SMILES string of the molecule is CCN(CC)CCNc1cc(F)c([N+](=O)[O-])cc1[N+](=O)[O-]. The van der Waals surface area contributed by atoms with Crippen LogP contribution in [-0.2, 0) is 0 Å². The molecule has 1 aromatic carbocycles. The molecule has 21 heavy (non-hydrogen) atoms. The first-order valence-electron chi connectivity index (χ1n) is 6.49. The molecule has 1 rings (SSSR count). The highest BCUT2D eigenvalue weighted by Crippen LogP contribution is 2.31. The molecule has 0 aliphatic heterocycles. The van der Waals surface area contributed by atoms with Gasteiger partial charge < -0.3 is 10.2 Å². The van der Waals surface area contributed by atoms with Crippen LogP contribution in [0.5, 0.6) is 0 Å². The van der Waals surface area contributed by atoms with Crippen LogP contribution >= 0.6 is 0 Å². The van der Waals surface area contributed by atoms with E-state index in [1.807, 2.05) is 13.8 Å². The average molecular weight is 300 g/mol. The van der Waals surface area contributed by atoms with Gasteiger partial charge in [-0.15, -0.1) is 0 Å². The van der Waals surface area contributed by atoms with Crippen molar-refractivity contribution in [2.75, 3.05) is 31.5 Å². The van der Waals surface area contributed by atoms with E-state index in [0.29, 0.717) is 19.2 Å². The van der Waals surface area contributed by atoms with Crippen molar-refractivity contribution in [2.24, 2.45) is 0 Å². The molecule has 0 heterocycles. The second kappa shape index (κ2) is 7.48. The largest absolute Gasteiger partial charge is 0.378 e. The van der Waals surface area contributed by atoms with E-state index in [4.69, 9.17) is 0 Å². The van der Waals surface area contributed by atoms with Gasteiger partial charge in [-0.1, -0.05) is 13.8 Å². The first-order chi connectivity index (χ1) is 9.90. The molecule has 0 aliphatic rings. The minimum absolute atomic E-state index is 0.0599. The maximum Gasteiger partial charge on any atom is 0.311 e. The Hall–Kier alpha value is -2.29. The molecule has 0 fully saturated rings. The Balaban J connectivity index is 2.93. The van der Waals surface area contributed by atoms with Gasteiger partial charge in [-0.05, 0) is 13.1 Å². The molecule has 0 bridgehead atoms. The van der Waals surface area contributed by atoms with Crippen LogP contribution in [0.1, 0.15) is 13.8 Å². The molecule has 0 aliphatic carbocycles. The summed E-state index contributed by atoms with van der Waals surface area (Å²) < 4.78 is 13.5. The van der Waals surface area contributed by atoms with E-state index < -0.39 is 27.0 Å². The molecule has 1 aromatic rings. The van der Waals surface area contributed by atoms with Crippen LogP contribution in [-0.4, -0.2) is 40.9 Å². The molecule has 116 valence electrons. The minimum atomic E-state index is -1.10.